The Balaban J connectivity index is 1.23. The summed E-state index contributed by atoms with van der Waals surface area (Å²) in [5.41, 5.74) is 12.3. The monoisotopic (exact) mass is 595 g/mol. The molecule has 7 aromatic rings. The van der Waals surface area contributed by atoms with Crippen LogP contribution in [-0.4, -0.2) is 12.1 Å². The quantitative estimate of drug-likeness (QED) is 0.174. The number of rotatable bonds is 9. The lowest BCUT2D eigenvalue weighted by molar-refractivity contribution is 0.416. The number of methoxy groups -OCH3 is 1. The van der Waals surface area contributed by atoms with Crippen LogP contribution in [-0.2, 0) is 0 Å². The molecular weight excluding hydrogens is 562 g/mol. The molecule has 0 aliphatic carbocycles. The molecule has 0 unspecified atom stereocenters. The minimum absolute atomic E-state index is 0.802. The van der Waals surface area contributed by atoms with Gasteiger partial charge in [0.2, 0.25) is 0 Å². The third-order valence-electron chi connectivity index (χ3n) is 7.99. The van der Waals surface area contributed by atoms with E-state index in [0.29, 0.717) is 0 Å². The first-order valence-corrected chi connectivity index (χ1v) is 15.3. The molecule has 222 valence electrons. The molecule has 0 bridgehead atoms. The number of anilines is 4. The van der Waals surface area contributed by atoms with Crippen LogP contribution < -0.4 is 15.4 Å². The van der Waals surface area contributed by atoms with Crippen molar-refractivity contribution in [3.8, 4) is 50.5 Å². The Labute approximate surface area is 270 Å². The van der Waals surface area contributed by atoms with Gasteiger partial charge in [-0.05, 0) is 59.7 Å². The third kappa shape index (κ3) is 6.10. The molecule has 6 aromatic carbocycles. The summed E-state index contributed by atoms with van der Waals surface area (Å²) in [6.45, 7) is 0. The molecule has 0 saturated carbocycles. The van der Waals surface area contributed by atoms with E-state index >= 15 is 0 Å². The second-order valence-electron chi connectivity index (χ2n) is 10.9. The number of nitrogens with one attached hydrogen (secondary N) is 2. The van der Waals surface area contributed by atoms with Crippen LogP contribution in [0.5, 0.6) is 5.75 Å². The van der Waals surface area contributed by atoms with Gasteiger partial charge in [0.25, 0.3) is 0 Å². The van der Waals surface area contributed by atoms with Crippen LogP contribution in [0.15, 0.2) is 170 Å². The van der Waals surface area contributed by atoms with Crippen LogP contribution in [0.3, 0.4) is 0 Å². The number of ether oxygens (including phenoxy) is 1. The molecule has 0 atom stereocenters. The number of hydrogen-bond donors (Lipinski definition) is 2. The van der Waals surface area contributed by atoms with E-state index in [2.05, 4.69) is 138 Å². The molecule has 0 radical (unpaired) electrons. The van der Waals surface area contributed by atoms with Crippen molar-refractivity contribution in [2.24, 2.45) is 0 Å². The summed E-state index contributed by atoms with van der Waals surface area (Å²) in [6, 6.07) is 58.3. The van der Waals surface area contributed by atoms with E-state index in [9.17, 15) is 0 Å². The third-order valence-corrected chi connectivity index (χ3v) is 7.99. The molecular formula is C42H33N3O. The molecule has 0 aliphatic rings. The zero-order valence-corrected chi connectivity index (χ0v) is 25.5. The summed E-state index contributed by atoms with van der Waals surface area (Å²) in [7, 11) is 1.69. The number of hydrogen-bond acceptors (Lipinski definition) is 4. The van der Waals surface area contributed by atoms with Gasteiger partial charge in [0, 0.05) is 27.9 Å². The number of para-hydroxylation sites is 4. The molecule has 4 heteroatoms. The van der Waals surface area contributed by atoms with Crippen molar-refractivity contribution in [3.63, 3.8) is 0 Å². The summed E-state index contributed by atoms with van der Waals surface area (Å²) >= 11 is 0. The highest BCUT2D eigenvalue weighted by Gasteiger charge is 2.14. The predicted octanol–water partition coefficient (Wildman–Crippen LogP) is 11.2. The molecule has 0 aliphatic heterocycles. The summed E-state index contributed by atoms with van der Waals surface area (Å²) in [4.78, 5) is 5.00. The fraction of sp³-hybridized carbons (Fsp3) is 0.0238. The van der Waals surface area contributed by atoms with Gasteiger partial charge in [-0.2, -0.15) is 0 Å². The van der Waals surface area contributed by atoms with E-state index in [1.807, 2.05) is 42.5 Å². The normalized spacial score (nSPS) is 10.7. The fourth-order valence-electron chi connectivity index (χ4n) is 5.75. The minimum atomic E-state index is 0.802. The molecule has 46 heavy (non-hydrogen) atoms. The summed E-state index contributed by atoms with van der Waals surface area (Å²) in [6.07, 6.45) is 0. The number of benzene rings is 6. The molecule has 1 aromatic heterocycles. The van der Waals surface area contributed by atoms with Crippen molar-refractivity contribution in [3.05, 3.63) is 170 Å². The van der Waals surface area contributed by atoms with Crippen molar-refractivity contribution in [2.45, 2.75) is 0 Å². The first-order chi connectivity index (χ1) is 22.8. The maximum absolute atomic E-state index is 5.59. The Morgan fingerprint density at radius 2 is 0.957 bits per heavy atom. The number of nitrogens with zero attached hydrogens (tertiary/aromatic N) is 1. The molecule has 0 spiro atoms. The van der Waals surface area contributed by atoms with Crippen molar-refractivity contribution in [2.75, 3.05) is 17.7 Å². The second kappa shape index (κ2) is 13.2. The van der Waals surface area contributed by atoms with Gasteiger partial charge in [-0.25, -0.2) is 4.98 Å². The highest BCUT2D eigenvalue weighted by Crippen LogP contribution is 2.41. The van der Waals surface area contributed by atoms with Crippen LogP contribution in [0, 0.1) is 0 Å². The zero-order valence-electron chi connectivity index (χ0n) is 25.5. The summed E-state index contributed by atoms with van der Waals surface area (Å²) < 4.78 is 5.59. The molecule has 4 nitrogen and oxygen atoms in total. The Kier molecular flexibility index (Phi) is 8.24. The maximum atomic E-state index is 5.59. The predicted molar refractivity (Wildman–Crippen MR) is 192 cm³/mol. The number of pyridine rings is 1. The van der Waals surface area contributed by atoms with Crippen LogP contribution in [0.2, 0.25) is 0 Å². The lowest BCUT2D eigenvalue weighted by atomic mass is 9.95. The lowest BCUT2D eigenvalue weighted by Gasteiger charge is -2.20. The van der Waals surface area contributed by atoms with Crippen LogP contribution in [0.25, 0.3) is 44.8 Å². The van der Waals surface area contributed by atoms with E-state index in [-0.39, 0.29) is 0 Å². The first kappa shape index (κ1) is 28.6. The first-order valence-electron chi connectivity index (χ1n) is 15.3. The van der Waals surface area contributed by atoms with Crippen molar-refractivity contribution >= 4 is 22.7 Å². The SMILES string of the molecule is COc1ccccc1-c1cccc(-c2cccc(Nc3ccccc3Nc3c(-c4ccccc4)cccc3-c3ccccc3)c2)n1. The Morgan fingerprint density at radius 1 is 0.435 bits per heavy atom. The molecule has 7 rings (SSSR count). The summed E-state index contributed by atoms with van der Waals surface area (Å²) in [5, 5.41) is 7.50. The lowest BCUT2D eigenvalue weighted by Crippen LogP contribution is -2.01. The van der Waals surface area contributed by atoms with Gasteiger partial charge in [0.15, 0.2) is 0 Å². The van der Waals surface area contributed by atoms with E-state index in [1.165, 1.54) is 0 Å². The van der Waals surface area contributed by atoms with Crippen LogP contribution in [0.4, 0.5) is 22.7 Å². The smallest absolute Gasteiger partial charge is 0.128 e. The topological polar surface area (TPSA) is 46.2 Å². The van der Waals surface area contributed by atoms with Crippen molar-refractivity contribution < 1.29 is 4.74 Å². The van der Waals surface area contributed by atoms with Gasteiger partial charge < -0.3 is 15.4 Å². The van der Waals surface area contributed by atoms with Gasteiger partial charge in [0.1, 0.15) is 5.75 Å². The molecule has 2 N–H and O–H groups in total. The largest absolute Gasteiger partial charge is 0.496 e. The van der Waals surface area contributed by atoms with Crippen LogP contribution in [0.1, 0.15) is 0 Å². The fourth-order valence-corrected chi connectivity index (χ4v) is 5.75. The molecule has 1 heterocycles. The van der Waals surface area contributed by atoms with Crippen LogP contribution >= 0.6 is 0 Å². The Morgan fingerprint density at radius 3 is 1.65 bits per heavy atom. The maximum Gasteiger partial charge on any atom is 0.128 e. The van der Waals surface area contributed by atoms with Gasteiger partial charge >= 0.3 is 0 Å². The van der Waals surface area contributed by atoms with Gasteiger partial charge in [-0.3, -0.25) is 0 Å². The van der Waals surface area contributed by atoms with Crippen molar-refractivity contribution in [1.82, 2.24) is 4.98 Å². The molecule has 0 amide bonds. The Hall–Kier alpha value is -6.13. The van der Waals surface area contributed by atoms with E-state index < -0.39 is 0 Å². The zero-order chi connectivity index (χ0) is 31.1. The highest BCUT2D eigenvalue weighted by molar-refractivity contribution is 5.94. The average Bonchev–Trinajstić information content (AvgIpc) is 3.13. The summed E-state index contributed by atoms with van der Waals surface area (Å²) in [5.74, 6) is 0.802. The van der Waals surface area contributed by atoms with E-state index in [1.54, 1.807) is 7.11 Å². The van der Waals surface area contributed by atoms with Gasteiger partial charge in [-0.15, -0.1) is 0 Å². The standard InChI is InChI=1S/C42H33N3O/c1-46-41-28-11-8-21-36(41)38-27-14-26-37(44-38)32-19-12-20-33(29-32)43-39-24-9-10-25-40(39)45-42-34(30-15-4-2-5-16-30)22-13-23-35(42)31-17-6-3-7-18-31/h2-29,43,45H,1H3. The average molecular weight is 596 g/mol. The van der Waals surface area contributed by atoms with E-state index in [4.69, 9.17) is 9.72 Å². The van der Waals surface area contributed by atoms with Gasteiger partial charge in [0.05, 0.1) is 35.6 Å². The van der Waals surface area contributed by atoms with Gasteiger partial charge in [-0.1, -0.05) is 121 Å². The highest BCUT2D eigenvalue weighted by atomic mass is 16.5. The minimum Gasteiger partial charge on any atom is -0.496 e. The molecule has 0 fully saturated rings. The Bertz CT molecular complexity index is 2030. The number of aromatic nitrogens is 1. The van der Waals surface area contributed by atoms with E-state index in [0.717, 1.165) is 73.3 Å². The van der Waals surface area contributed by atoms with Crippen molar-refractivity contribution in [1.29, 1.82) is 0 Å². The second-order valence-corrected chi connectivity index (χ2v) is 10.9. The molecule has 0 saturated heterocycles.